The molecule has 2 rings (SSSR count). The molecule has 0 aliphatic carbocycles. The Bertz CT molecular complexity index is 711. The molecule has 0 heterocycles. The topological polar surface area (TPSA) is 49.3 Å². The minimum absolute atomic E-state index is 0.122. The van der Waals surface area contributed by atoms with Gasteiger partial charge in [-0.05, 0) is 42.8 Å². The average Bonchev–Trinajstić information content (AvgIpc) is 2.41. The molecule has 0 saturated carbocycles. The maximum absolute atomic E-state index is 12.0. The van der Waals surface area contributed by atoms with Crippen LogP contribution < -0.4 is 5.32 Å². The Hall–Kier alpha value is -1.97. The molecule has 3 nitrogen and oxygen atoms in total. The maximum atomic E-state index is 12.0. The summed E-state index contributed by atoms with van der Waals surface area (Å²) in [6.07, 6.45) is 2.80. The number of aryl methyl sites for hydroxylation is 1. The second-order valence-electron chi connectivity index (χ2n) is 4.49. The number of carbonyl (C=O) groups excluding carboxylic acids is 1. The first-order valence-corrected chi connectivity index (χ1v) is 6.95. The van der Waals surface area contributed by atoms with Gasteiger partial charge in [0.05, 0.1) is 10.7 Å². The van der Waals surface area contributed by atoms with Crippen molar-refractivity contribution >= 4 is 34.7 Å². The predicted octanol–water partition coefficient (Wildman–Crippen LogP) is 4.82. The first-order valence-electron chi connectivity index (χ1n) is 6.19. The molecule has 0 atom stereocenters. The largest absolute Gasteiger partial charge is 0.506 e. The highest BCUT2D eigenvalue weighted by Crippen LogP contribution is 2.24. The van der Waals surface area contributed by atoms with E-state index < -0.39 is 0 Å². The SMILES string of the molecule is Cc1ccc(N/C=C/C(=O)c2ccc(Cl)cc2Cl)c(O)c1. The molecular weight excluding hydrogens is 309 g/mol. The summed E-state index contributed by atoms with van der Waals surface area (Å²) in [6, 6.07) is 9.91. The van der Waals surface area contributed by atoms with Gasteiger partial charge in [-0.3, -0.25) is 4.79 Å². The molecule has 0 aliphatic rings. The molecule has 0 saturated heterocycles. The molecule has 0 amide bonds. The fraction of sp³-hybridized carbons (Fsp3) is 0.0625. The summed E-state index contributed by atoms with van der Waals surface area (Å²) in [6.45, 7) is 1.88. The van der Waals surface area contributed by atoms with Crippen molar-refractivity contribution in [2.75, 3.05) is 5.32 Å². The molecule has 0 spiro atoms. The molecule has 0 radical (unpaired) electrons. The van der Waals surface area contributed by atoms with E-state index in [1.54, 1.807) is 24.3 Å². The van der Waals surface area contributed by atoms with E-state index >= 15 is 0 Å². The summed E-state index contributed by atoms with van der Waals surface area (Å²) in [5.74, 6) is -0.132. The minimum atomic E-state index is -0.254. The van der Waals surface area contributed by atoms with Crippen LogP contribution in [-0.4, -0.2) is 10.9 Å². The van der Waals surface area contributed by atoms with Crippen molar-refractivity contribution in [1.82, 2.24) is 0 Å². The van der Waals surface area contributed by atoms with E-state index in [1.807, 2.05) is 13.0 Å². The van der Waals surface area contributed by atoms with Gasteiger partial charge in [-0.2, -0.15) is 0 Å². The van der Waals surface area contributed by atoms with Crippen molar-refractivity contribution < 1.29 is 9.90 Å². The van der Waals surface area contributed by atoms with Gasteiger partial charge in [-0.1, -0.05) is 29.3 Å². The third kappa shape index (κ3) is 4.00. The number of allylic oxidation sites excluding steroid dienone is 1. The van der Waals surface area contributed by atoms with Crippen LogP contribution in [0.5, 0.6) is 5.75 Å². The van der Waals surface area contributed by atoms with Crippen LogP contribution in [0.3, 0.4) is 0 Å². The van der Waals surface area contributed by atoms with Gasteiger partial charge in [0.1, 0.15) is 5.75 Å². The normalized spacial score (nSPS) is 10.8. The van der Waals surface area contributed by atoms with E-state index in [1.165, 1.54) is 18.3 Å². The van der Waals surface area contributed by atoms with Crippen molar-refractivity contribution in [3.8, 4) is 5.75 Å². The Kier molecular flexibility index (Phi) is 4.89. The van der Waals surface area contributed by atoms with Crippen LogP contribution in [0.1, 0.15) is 15.9 Å². The number of rotatable bonds is 4. The van der Waals surface area contributed by atoms with Crippen molar-refractivity contribution in [3.05, 3.63) is 69.8 Å². The molecule has 0 unspecified atom stereocenters. The van der Waals surface area contributed by atoms with Crippen LogP contribution in [0.2, 0.25) is 10.0 Å². The molecule has 0 bridgehead atoms. The first-order chi connectivity index (χ1) is 9.97. The number of aromatic hydroxyl groups is 1. The summed E-state index contributed by atoms with van der Waals surface area (Å²) in [7, 11) is 0. The van der Waals surface area contributed by atoms with E-state index in [9.17, 15) is 9.90 Å². The van der Waals surface area contributed by atoms with Crippen molar-refractivity contribution in [2.45, 2.75) is 6.92 Å². The summed E-state index contributed by atoms with van der Waals surface area (Å²) >= 11 is 11.7. The highest BCUT2D eigenvalue weighted by molar-refractivity contribution is 6.37. The predicted molar refractivity (Wildman–Crippen MR) is 86.4 cm³/mol. The Morgan fingerprint density at radius 3 is 2.62 bits per heavy atom. The summed E-state index contributed by atoms with van der Waals surface area (Å²) < 4.78 is 0. The van der Waals surface area contributed by atoms with Crippen LogP contribution in [0.4, 0.5) is 5.69 Å². The van der Waals surface area contributed by atoms with Crippen molar-refractivity contribution in [2.24, 2.45) is 0 Å². The van der Waals surface area contributed by atoms with Crippen molar-refractivity contribution in [3.63, 3.8) is 0 Å². The van der Waals surface area contributed by atoms with E-state index in [4.69, 9.17) is 23.2 Å². The molecule has 2 aromatic rings. The Morgan fingerprint density at radius 2 is 1.95 bits per heavy atom. The lowest BCUT2D eigenvalue weighted by molar-refractivity contribution is 0.104. The van der Waals surface area contributed by atoms with Gasteiger partial charge in [0.2, 0.25) is 0 Å². The standard InChI is InChI=1S/C16H13Cl2NO2/c1-10-2-5-14(16(21)8-10)19-7-6-15(20)12-4-3-11(17)9-13(12)18/h2-9,19,21H,1H3/b7-6+. The van der Waals surface area contributed by atoms with E-state index in [2.05, 4.69) is 5.32 Å². The second kappa shape index (κ2) is 6.66. The average molecular weight is 322 g/mol. The number of phenols is 1. The zero-order valence-corrected chi connectivity index (χ0v) is 12.7. The second-order valence-corrected chi connectivity index (χ2v) is 5.33. The first kappa shape index (κ1) is 15.4. The van der Waals surface area contributed by atoms with Gasteiger partial charge in [0.25, 0.3) is 0 Å². The maximum Gasteiger partial charge on any atom is 0.188 e. The molecule has 2 N–H and O–H groups in total. The zero-order chi connectivity index (χ0) is 15.4. The van der Waals surface area contributed by atoms with E-state index in [0.717, 1.165) is 5.56 Å². The van der Waals surface area contributed by atoms with E-state index in [-0.39, 0.29) is 11.5 Å². The van der Waals surface area contributed by atoms with Gasteiger partial charge in [-0.25, -0.2) is 0 Å². The number of ketones is 1. The number of carbonyl (C=O) groups is 1. The van der Waals surface area contributed by atoms with Gasteiger partial charge in [0.15, 0.2) is 5.78 Å². The van der Waals surface area contributed by atoms with Crippen LogP contribution in [0.25, 0.3) is 0 Å². The molecule has 2 aromatic carbocycles. The number of halogens is 2. The van der Waals surface area contributed by atoms with Gasteiger partial charge < -0.3 is 10.4 Å². The molecule has 0 aromatic heterocycles. The Labute approximate surface area is 132 Å². The third-order valence-corrected chi connectivity index (χ3v) is 3.37. The number of nitrogens with one attached hydrogen (secondary N) is 1. The molecule has 0 fully saturated rings. The number of hydrogen-bond donors (Lipinski definition) is 2. The number of benzene rings is 2. The molecule has 5 heteroatoms. The fourth-order valence-electron chi connectivity index (χ4n) is 1.75. The zero-order valence-electron chi connectivity index (χ0n) is 11.2. The molecular formula is C16H13Cl2NO2. The van der Waals surface area contributed by atoms with Crippen LogP contribution in [0.15, 0.2) is 48.7 Å². The van der Waals surface area contributed by atoms with Crippen LogP contribution >= 0.6 is 23.2 Å². The van der Waals surface area contributed by atoms with Gasteiger partial charge >= 0.3 is 0 Å². The Balaban J connectivity index is 2.08. The van der Waals surface area contributed by atoms with Crippen molar-refractivity contribution in [1.29, 1.82) is 0 Å². The summed E-state index contributed by atoms with van der Waals surface area (Å²) in [5.41, 5.74) is 1.84. The minimum Gasteiger partial charge on any atom is -0.506 e. The number of hydrogen-bond acceptors (Lipinski definition) is 3. The summed E-state index contributed by atoms with van der Waals surface area (Å²) in [4.78, 5) is 12.0. The van der Waals surface area contributed by atoms with Crippen LogP contribution in [-0.2, 0) is 0 Å². The van der Waals surface area contributed by atoms with Gasteiger partial charge in [-0.15, -0.1) is 0 Å². The fourth-order valence-corrected chi connectivity index (χ4v) is 2.25. The van der Waals surface area contributed by atoms with Crippen LogP contribution in [0, 0.1) is 6.92 Å². The number of anilines is 1. The number of phenolic OH excluding ortho intramolecular Hbond substituents is 1. The molecule has 0 aliphatic heterocycles. The smallest absolute Gasteiger partial charge is 0.188 e. The lowest BCUT2D eigenvalue weighted by Gasteiger charge is -2.05. The lowest BCUT2D eigenvalue weighted by atomic mass is 10.1. The monoisotopic (exact) mass is 321 g/mol. The van der Waals surface area contributed by atoms with Gasteiger partial charge in [0, 0.05) is 22.9 Å². The quantitative estimate of drug-likeness (QED) is 0.482. The lowest BCUT2D eigenvalue weighted by Crippen LogP contribution is -1.97. The third-order valence-electron chi connectivity index (χ3n) is 2.82. The highest BCUT2D eigenvalue weighted by atomic mass is 35.5. The molecule has 108 valence electrons. The highest BCUT2D eigenvalue weighted by Gasteiger charge is 2.07. The molecule has 21 heavy (non-hydrogen) atoms. The Morgan fingerprint density at radius 1 is 1.19 bits per heavy atom. The van der Waals surface area contributed by atoms with E-state index in [0.29, 0.717) is 21.3 Å². The summed E-state index contributed by atoms with van der Waals surface area (Å²) in [5, 5.41) is 13.4.